The maximum Gasteiger partial charge on any atom is 0.267 e. The number of nitrogens with zero attached hydrogens (tertiary/aromatic N) is 1. The molecule has 0 spiro atoms. The maximum atomic E-state index is 12.1. The topological polar surface area (TPSA) is 101 Å². The van der Waals surface area contributed by atoms with Crippen molar-refractivity contribution in [1.82, 2.24) is 10.2 Å². The molecule has 0 atom stereocenters. The van der Waals surface area contributed by atoms with Crippen LogP contribution < -0.4 is 10.5 Å². The van der Waals surface area contributed by atoms with Crippen LogP contribution in [0.25, 0.3) is 0 Å². The normalized spacial score (nSPS) is 12.3. The third-order valence-electron chi connectivity index (χ3n) is 2.92. The Morgan fingerprint density at radius 3 is 2.25 bits per heavy atom. The summed E-state index contributed by atoms with van der Waals surface area (Å²) in [5.41, 5.74) is 7.16. The number of benzene rings is 1. The molecule has 0 saturated carbocycles. The minimum atomic E-state index is -3.72. The standard InChI is InChI=1S/C13H18N4O2S/c1-13(2,3)9-4-6-10(7-5-9)17-20(18,19)11-8-15-16-12(11)14/h4-8,17H,1-3H3,(H3,14,15,16). The molecule has 20 heavy (non-hydrogen) atoms. The van der Waals surface area contributed by atoms with E-state index >= 15 is 0 Å². The summed E-state index contributed by atoms with van der Waals surface area (Å²) < 4.78 is 26.7. The zero-order valence-corrected chi connectivity index (χ0v) is 12.5. The Balaban J connectivity index is 2.25. The molecule has 1 heterocycles. The van der Waals surface area contributed by atoms with Gasteiger partial charge in [-0.15, -0.1) is 0 Å². The Kier molecular flexibility index (Phi) is 3.47. The van der Waals surface area contributed by atoms with Crippen LogP contribution in [-0.4, -0.2) is 18.6 Å². The van der Waals surface area contributed by atoms with Gasteiger partial charge in [-0.25, -0.2) is 8.42 Å². The Morgan fingerprint density at radius 2 is 1.80 bits per heavy atom. The minimum absolute atomic E-state index is 0.0174. The molecule has 0 radical (unpaired) electrons. The fourth-order valence-electron chi connectivity index (χ4n) is 1.75. The first kappa shape index (κ1) is 14.4. The molecule has 1 aromatic heterocycles. The Morgan fingerprint density at radius 1 is 1.20 bits per heavy atom. The van der Waals surface area contributed by atoms with Crippen LogP contribution in [-0.2, 0) is 15.4 Å². The summed E-state index contributed by atoms with van der Waals surface area (Å²) in [4.78, 5) is -0.0580. The van der Waals surface area contributed by atoms with Gasteiger partial charge in [-0.2, -0.15) is 5.10 Å². The number of aromatic nitrogens is 2. The van der Waals surface area contributed by atoms with E-state index in [2.05, 4.69) is 35.7 Å². The molecular weight excluding hydrogens is 276 g/mol. The molecule has 0 saturated heterocycles. The van der Waals surface area contributed by atoms with Crippen molar-refractivity contribution in [2.75, 3.05) is 10.5 Å². The Hall–Kier alpha value is -2.02. The Labute approximate surface area is 118 Å². The number of nitrogens with one attached hydrogen (secondary N) is 2. The van der Waals surface area contributed by atoms with Gasteiger partial charge in [0.25, 0.3) is 10.0 Å². The molecule has 0 aliphatic rings. The van der Waals surface area contributed by atoms with Crippen LogP contribution in [0.5, 0.6) is 0 Å². The van der Waals surface area contributed by atoms with E-state index in [1.54, 1.807) is 12.1 Å². The van der Waals surface area contributed by atoms with E-state index in [-0.39, 0.29) is 16.1 Å². The maximum absolute atomic E-state index is 12.1. The number of rotatable bonds is 3. The van der Waals surface area contributed by atoms with E-state index in [1.165, 1.54) is 6.20 Å². The zero-order valence-electron chi connectivity index (χ0n) is 11.6. The first-order chi connectivity index (χ1) is 9.20. The van der Waals surface area contributed by atoms with Gasteiger partial charge in [-0.1, -0.05) is 32.9 Å². The molecule has 108 valence electrons. The monoisotopic (exact) mass is 294 g/mol. The predicted octanol–water partition coefficient (Wildman–Crippen LogP) is 2.09. The number of nitrogen functional groups attached to an aromatic ring is 1. The van der Waals surface area contributed by atoms with Crippen LogP contribution in [0.2, 0.25) is 0 Å². The summed E-state index contributed by atoms with van der Waals surface area (Å²) in [5.74, 6) is 0.0174. The van der Waals surface area contributed by atoms with E-state index in [9.17, 15) is 8.42 Å². The molecule has 2 rings (SSSR count). The average Bonchev–Trinajstić information content (AvgIpc) is 2.75. The number of hydrogen-bond acceptors (Lipinski definition) is 4. The van der Waals surface area contributed by atoms with Crippen molar-refractivity contribution in [2.24, 2.45) is 0 Å². The van der Waals surface area contributed by atoms with E-state index < -0.39 is 10.0 Å². The smallest absolute Gasteiger partial charge is 0.267 e. The molecule has 0 aliphatic carbocycles. The van der Waals surface area contributed by atoms with Gasteiger partial charge < -0.3 is 5.73 Å². The van der Waals surface area contributed by atoms with Crippen LogP contribution in [0.4, 0.5) is 11.5 Å². The number of H-pyrrole nitrogens is 1. The van der Waals surface area contributed by atoms with Gasteiger partial charge in [0.15, 0.2) is 0 Å². The van der Waals surface area contributed by atoms with Gasteiger partial charge in [0, 0.05) is 5.69 Å². The van der Waals surface area contributed by atoms with Crippen LogP contribution in [0.3, 0.4) is 0 Å². The highest BCUT2D eigenvalue weighted by atomic mass is 32.2. The average molecular weight is 294 g/mol. The summed E-state index contributed by atoms with van der Waals surface area (Å²) in [6.07, 6.45) is 1.18. The fourth-order valence-corrected chi connectivity index (χ4v) is 2.83. The Bertz CT molecular complexity index is 697. The lowest BCUT2D eigenvalue weighted by molar-refractivity contribution is 0.590. The molecule has 4 N–H and O–H groups in total. The van der Waals surface area contributed by atoms with Crippen molar-refractivity contribution in [3.63, 3.8) is 0 Å². The molecule has 0 unspecified atom stereocenters. The van der Waals surface area contributed by atoms with Gasteiger partial charge in [-0.3, -0.25) is 9.82 Å². The van der Waals surface area contributed by atoms with Crippen molar-refractivity contribution < 1.29 is 8.42 Å². The van der Waals surface area contributed by atoms with E-state index in [1.807, 2.05) is 12.1 Å². The number of anilines is 2. The number of aromatic amines is 1. The second kappa shape index (κ2) is 4.82. The largest absolute Gasteiger partial charge is 0.383 e. The highest BCUT2D eigenvalue weighted by molar-refractivity contribution is 7.92. The molecule has 6 nitrogen and oxygen atoms in total. The molecule has 0 fully saturated rings. The first-order valence-electron chi connectivity index (χ1n) is 6.12. The second-order valence-electron chi connectivity index (χ2n) is 5.58. The summed E-state index contributed by atoms with van der Waals surface area (Å²) in [7, 11) is -3.72. The summed E-state index contributed by atoms with van der Waals surface area (Å²) in [6, 6.07) is 7.26. The van der Waals surface area contributed by atoms with Crippen LogP contribution in [0.15, 0.2) is 35.4 Å². The summed E-state index contributed by atoms with van der Waals surface area (Å²) in [6.45, 7) is 6.29. The molecule has 0 amide bonds. The third kappa shape index (κ3) is 2.93. The van der Waals surface area contributed by atoms with Crippen molar-refractivity contribution in [2.45, 2.75) is 31.1 Å². The molecule has 0 bridgehead atoms. The third-order valence-corrected chi connectivity index (χ3v) is 4.33. The molecule has 7 heteroatoms. The molecule has 2 aromatic rings. The van der Waals surface area contributed by atoms with Crippen LogP contribution >= 0.6 is 0 Å². The summed E-state index contributed by atoms with van der Waals surface area (Å²) in [5, 5.41) is 6.01. The highest BCUT2D eigenvalue weighted by Gasteiger charge is 2.20. The number of hydrogen-bond donors (Lipinski definition) is 3. The quantitative estimate of drug-likeness (QED) is 0.806. The molecule has 1 aromatic carbocycles. The van der Waals surface area contributed by atoms with Gasteiger partial charge >= 0.3 is 0 Å². The van der Waals surface area contributed by atoms with Crippen LogP contribution in [0.1, 0.15) is 26.3 Å². The predicted molar refractivity (Wildman–Crippen MR) is 79.0 cm³/mol. The van der Waals surface area contributed by atoms with Crippen LogP contribution in [0, 0.1) is 0 Å². The highest BCUT2D eigenvalue weighted by Crippen LogP contribution is 2.25. The van der Waals surface area contributed by atoms with Crippen molar-refractivity contribution in [3.05, 3.63) is 36.0 Å². The van der Waals surface area contributed by atoms with Crippen molar-refractivity contribution in [1.29, 1.82) is 0 Å². The van der Waals surface area contributed by atoms with E-state index in [4.69, 9.17) is 5.73 Å². The SMILES string of the molecule is CC(C)(C)c1ccc(NS(=O)(=O)c2cn[nH]c2N)cc1. The molecule has 0 aliphatic heterocycles. The van der Waals surface area contributed by atoms with E-state index in [0.717, 1.165) is 5.56 Å². The van der Waals surface area contributed by atoms with Gasteiger partial charge in [0.1, 0.15) is 10.7 Å². The van der Waals surface area contributed by atoms with Crippen molar-refractivity contribution in [3.8, 4) is 0 Å². The number of nitrogens with two attached hydrogens (primary N) is 1. The summed E-state index contributed by atoms with van der Waals surface area (Å²) >= 11 is 0. The van der Waals surface area contributed by atoms with Gasteiger partial charge in [0.05, 0.1) is 6.20 Å². The lowest BCUT2D eigenvalue weighted by atomic mass is 9.87. The lowest BCUT2D eigenvalue weighted by Crippen LogP contribution is -2.15. The van der Waals surface area contributed by atoms with Crippen molar-refractivity contribution >= 4 is 21.5 Å². The zero-order chi connectivity index (χ0) is 15.0. The number of sulfonamides is 1. The lowest BCUT2D eigenvalue weighted by Gasteiger charge is -2.19. The first-order valence-corrected chi connectivity index (χ1v) is 7.61. The van der Waals surface area contributed by atoms with E-state index in [0.29, 0.717) is 5.69 Å². The second-order valence-corrected chi connectivity index (χ2v) is 7.23. The van der Waals surface area contributed by atoms with Gasteiger partial charge in [-0.05, 0) is 23.1 Å². The minimum Gasteiger partial charge on any atom is -0.383 e. The van der Waals surface area contributed by atoms with Gasteiger partial charge in [0.2, 0.25) is 0 Å². The fraction of sp³-hybridized carbons (Fsp3) is 0.308. The molecular formula is C13H18N4O2S.